The van der Waals surface area contributed by atoms with Crippen LogP contribution in [0.3, 0.4) is 0 Å². The molecule has 0 atom stereocenters. The first-order chi connectivity index (χ1) is 13.0. The van der Waals surface area contributed by atoms with E-state index in [4.69, 9.17) is 14.5 Å². The summed E-state index contributed by atoms with van der Waals surface area (Å²) >= 11 is 1.43. The number of carbonyl (C=O) groups excluding carboxylic acids is 1. The Kier molecular flexibility index (Phi) is 5.93. The quantitative estimate of drug-likeness (QED) is 0.623. The molecule has 1 aromatic heterocycles. The Morgan fingerprint density at radius 2 is 1.67 bits per heavy atom. The Bertz CT molecular complexity index is 884. The van der Waals surface area contributed by atoms with Crippen molar-refractivity contribution in [1.29, 1.82) is 0 Å². The number of methoxy groups -OCH3 is 2. The van der Waals surface area contributed by atoms with Crippen LogP contribution in [0.4, 0.5) is 5.13 Å². The average Bonchev–Trinajstić information content (AvgIpc) is 3.12. The highest BCUT2D eigenvalue weighted by Gasteiger charge is 2.23. The maximum atomic E-state index is 13.2. The molecule has 0 unspecified atom stereocenters. The number of rotatable bonds is 7. The molecule has 1 heterocycles. The minimum Gasteiger partial charge on any atom is -0.495 e. The zero-order valence-corrected chi connectivity index (χ0v) is 16.7. The van der Waals surface area contributed by atoms with Gasteiger partial charge in [0.15, 0.2) is 5.13 Å². The summed E-state index contributed by atoms with van der Waals surface area (Å²) < 4.78 is 11.8. The molecule has 0 saturated heterocycles. The fourth-order valence-corrected chi connectivity index (χ4v) is 3.81. The molecule has 0 aliphatic carbocycles. The van der Waals surface area contributed by atoms with Gasteiger partial charge in [0.1, 0.15) is 21.7 Å². The molecule has 3 aromatic rings. The predicted octanol–water partition coefficient (Wildman–Crippen LogP) is 3.52. The van der Waals surface area contributed by atoms with Crippen LogP contribution < -0.4 is 14.4 Å². The third-order valence-electron chi connectivity index (χ3n) is 4.17. The first-order valence-electron chi connectivity index (χ1n) is 8.58. The summed E-state index contributed by atoms with van der Waals surface area (Å²) in [5, 5.41) is 0.628. The first-order valence-corrected chi connectivity index (χ1v) is 9.40. The monoisotopic (exact) mass is 385 g/mol. The van der Waals surface area contributed by atoms with E-state index in [-0.39, 0.29) is 5.91 Å². The molecule has 0 saturated carbocycles. The van der Waals surface area contributed by atoms with Gasteiger partial charge in [-0.15, -0.1) is 0 Å². The second kappa shape index (κ2) is 8.37. The number of carbonyl (C=O) groups is 1. The van der Waals surface area contributed by atoms with E-state index in [1.54, 1.807) is 19.1 Å². The normalized spacial score (nSPS) is 11.0. The molecule has 0 N–H and O–H groups in total. The topological polar surface area (TPSA) is 54.9 Å². The maximum absolute atomic E-state index is 13.2. The van der Waals surface area contributed by atoms with E-state index in [2.05, 4.69) is 0 Å². The molecule has 142 valence electrons. The fourth-order valence-electron chi connectivity index (χ4n) is 2.71. The molecule has 7 heteroatoms. The van der Waals surface area contributed by atoms with Gasteiger partial charge in [-0.05, 0) is 38.4 Å². The van der Waals surface area contributed by atoms with Gasteiger partial charge in [0.05, 0.1) is 14.2 Å². The number of ether oxygens (including phenoxy) is 2. The van der Waals surface area contributed by atoms with E-state index in [0.717, 1.165) is 11.2 Å². The van der Waals surface area contributed by atoms with Gasteiger partial charge in [-0.25, -0.2) is 4.98 Å². The van der Waals surface area contributed by atoms with Gasteiger partial charge in [0, 0.05) is 18.7 Å². The zero-order valence-electron chi connectivity index (χ0n) is 15.9. The highest BCUT2D eigenvalue weighted by atomic mass is 32.1. The summed E-state index contributed by atoms with van der Waals surface area (Å²) in [5.41, 5.74) is 1.34. The SMILES string of the molecule is COc1ccc(OC)c2sc(N(CCN(C)C)C(=O)c3ccccc3)nc12. The molecule has 1 amide bonds. The van der Waals surface area contributed by atoms with Crippen molar-refractivity contribution in [1.82, 2.24) is 9.88 Å². The predicted molar refractivity (Wildman–Crippen MR) is 109 cm³/mol. The van der Waals surface area contributed by atoms with Crippen LogP contribution >= 0.6 is 11.3 Å². The molecule has 0 radical (unpaired) electrons. The first kappa shape index (κ1) is 19.1. The Morgan fingerprint density at radius 3 is 2.30 bits per heavy atom. The van der Waals surface area contributed by atoms with Crippen LogP contribution in [-0.2, 0) is 0 Å². The molecular weight excluding hydrogens is 362 g/mol. The van der Waals surface area contributed by atoms with Crippen LogP contribution in [-0.4, -0.2) is 57.2 Å². The third-order valence-corrected chi connectivity index (χ3v) is 5.26. The second-order valence-electron chi connectivity index (χ2n) is 6.27. The van der Waals surface area contributed by atoms with Gasteiger partial charge in [0.2, 0.25) is 0 Å². The molecule has 6 nitrogen and oxygen atoms in total. The molecule has 0 bridgehead atoms. The smallest absolute Gasteiger partial charge is 0.260 e. The summed E-state index contributed by atoms with van der Waals surface area (Å²) in [5.74, 6) is 1.30. The van der Waals surface area contributed by atoms with Crippen molar-refractivity contribution >= 4 is 32.6 Å². The van der Waals surface area contributed by atoms with Crippen LogP contribution in [0.1, 0.15) is 10.4 Å². The molecule has 27 heavy (non-hydrogen) atoms. The van der Waals surface area contributed by atoms with Crippen molar-refractivity contribution in [2.75, 3.05) is 46.3 Å². The summed E-state index contributed by atoms with van der Waals surface area (Å²) in [4.78, 5) is 21.6. The van der Waals surface area contributed by atoms with E-state index in [1.807, 2.05) is 61.5 Å². The Morgan fingerprint density at radius 1 is 1.00 bits per heavy atom. The van der Waals surface area contributed by atoms with Crippen molar-refractivity contribution in [3.05, 3.63) is 48.0 Å². The molecule has 0 aliphatic heterocycles. The van der Waals surface area contributed by atoms with Crippen molar-refractivity contribution in [3.8, 4) is 11.5 Å². The van der Waals surface area contributed by atoms with Gasteiger partial charge >= 0.3 is 0 Å². The fraction of sp³-hybridized carbons (Fsp3) is 0.300. The number of amides is 1. The largest absolute Gasteiger partial charge is 0.495 e. The number of anilines is 1. The minimum absolute atomic E-state index is 0.0746. The van der Waals surface area contributed by atoms with E-state index >= 15 is 0 Å². The molecule has 3 rings (SSSR count). The molecule has 0 fully saturated rings. The number of fused-ring (bicyclic) bond motifs is 1. The van der Waals surface area contributed by atoms with Crippen LogP contribution in [0, 0.1) is 0 Å². The van der Waals surface area contributed by atoms with Crippen molar-refractivity contribution in [2.24, 2.45) is 0 Å². The van der Waals surface area contributed by atoms with Gasteiger partial charge in [-0.3, -0.25) is 9.69 Å². The average molecular weight is 385 g/mol. The van der Waals surface area contributed by atoms with E-state index in [0.29, 0.717) is 34.3 Å². The number of aromatic nitrogens is 1. The van der Waals surface area contributed by atoms with E-state index in [9.17, 15) is 4.79 Å². The van der Waals surface area contributed by atoms with Crippen LogP contribution in [0.25, 0.3) is 10.2 Å². The summed E-state index contributed by atoms with van der Waals surface area (Å²) in [6.45, 7) is 1.26. The highest BCUT2D eigenvalue weighted by Crippen LogP contribution is 2.40. The Balaban J connectivity index is 2.07. The lowest BCUT2D eigenvalue weighted by molar-refractivity contribution is 0.0985. The van der Waals surface area contributed by atoms with Crippen molar-refractivity contribution in [2.45, 2.75) is 0 Å². The summed E-state index contributed by atoms with van der Waals surface area (Å²) in [7, 11) is 7.20. The van der Waals surface area contributed by atoms with Gasteiger partial charge in [-0.1, -0.05) is 29.5 Å². The van der Waals surface area contributed by atoms with Gasteiger partial charge in [-0.2, -0.15) is 0 Å². The van der Waals surface area contributed by atoms with Crippen LogP contribution in [0.5, 0.6) is 11.5 Å². The van der Waals surface area contributed by atoms with Crippen LogP contribution in [0.15, 0.2) is 42.5 Å². The lowest BCUT2D eigenvalue weighted by Gasteiger charge is -2.22. The molecular formula is C20H23N3O3S. The number of nitrogens with zero attached hydrogens (tertiary/aromatic N) is 3. The summed E-state index contributed by atoms with van der Waals surface area (Å²) in [6, 6.07) is 12.9. The summed E-state index contributed by atoms with van der Waals surface area (Å²) in [6.07, 6.45) is 0. The third kappa shape index (κ3) is 4.04. The zero-order chi connectivity index (χ0) is 19.4. The highest BCUT2D eigenvalue weighted by molar-refractivity contribution is 7.22. The lowest BCUT2D eigenvalue weighted by Crippen LogP contribution is -2.36. The van der Waals surface area contributed by atoms with E-state index in [1.165, 1.54) is 11.3 Å². The number of benzene rings is 2. The number of likely N-dealkylation sites (N-methyl/N-ethyl adjacent to an activating group) is 1. The number of hydrogen-bond acceptors (Lipinski definition) is 6. The van der Waals surface area contributed by atoms with Crippen LogP contribution in [0.2, 0.25) is 0 Å². The number of hydrogen-bond donors (Lipinski definition) is 0. The number of thiazole rings is 1. The van der Waals surface area contributed by atoms with E-state index < -0.39 is 0 Å². The Hall–Kier alpha value is -2.64. The van der Waals surface area contributed by atoms with Crippen molar-refractivity contribution in [3.63, 3.8) is 0 Å². The van der Waals surface area contributed by atoms with Gasteiger partial charge < -0.3 is 14.4 Å². The molecule has 0 spiro atoms. The maximum Gasteiger partial charge on any atom is 0.260 e. The lowest BCUT2D eigenvalue weighted by atomic mass is 10.2. The Labute approximate surface area is 162 Å². The van der Waals surface area contributed by atoms with Crippen molar-refractivity contribution < 1.29 is 14.3 Å². The molecule has 0 aliphatic rings. The minimum atomic E-state index is -0.0746. The second-order valence-corrected chi connectivity index (χ2v) is 7.25. The van der Waals surface area contributed by atoms with Gasteiger partial charge in [0.25, 0.3) is 5.91 Å². The standard InChI is InChI=1S/C20H23N3O3S/c1-22(2)12-13-23(19(24)14-8-6-5-7-9-14)20-21-17-15(25-3)10-11-16(26-4)18(17)27-20/h5-11H,12-13H2,1-4H3. The molecule has 2 aromatic carbocycles.